The molecular weight excluding hydrogens is 593 g/mol. The Kier molecular flexibility index (Phi) is 9.42. The summed E-state index contributed by atoms with van der Waals surface area (Å²) in [4.78, 5) is 0. The minimum atomic E-state index is -2.54. The summed E-state index contributed by atoms with van der Waals surface area (Å²) in [7, 11) is -2.06. The van der Waals surface area contributed by atoms with Gasteiger partial charge in [-0.1, -0.05) is 121 Å². The van der Waals surface area contributed by atoms with Crippen LogP contribution in [0.25, 0.3) is 0 Å². The topological polar surface area (TPSA) is 18.5 Å². The average Bonchev–Trinajstić information content (AvgIpc) is 3.37. The lowest BCUT2D eigenvalue weighted by molar-refractivity contribution is -0.130. The smallest absolute Gasteiger partial charge is 0.261 e. The van der Waals surface area contributed by atoms with E-state index in [1.54, 1.807) is 0 Å². The zero-order valence-electron chi connectivity index (χ0n) is 30.5. The number of benzene rings is 2. The van der Waals surface area contributed by atoms with Crippen LogP contribution >= 0.6 is 0 Å². The van der Waals surface area contributed by atoms with Crippen molar-refractivity contribution < 1.29 is 9.16 Å². The van der Waals surface area contributed by atoms with Crippen LogP contribution in [-0.2, 0) is 9.16 Å². The van der Waals surface area contributed by atoms with Gasteiger partial charge in [0.2, 0.25) is 0 Å². The highest BCUT2D eigenvalue weighted by molar-refractivity contribution is 6.99. The standard InChI is InChI=1S/C42H62O2Si2/c1-40(2,3)46(33-16-12-10-13-17-33,34-18-14-11-15-19-34)44-32-24-27-41(4)31(30-32)20-21-35-36-22-23-38(42(36,5)28-25-37(35)41)39(43-6)26-29-45(7,8)9/h10-19,31-32,35-39H,20-25,27-28,30H2,1-9H3/t31?,32?,35-,36-,37+,38?,39?,41-,42-/m0/s1. The average molecular weight is 655 g/mol. The first-order valence-corrected chi connectivity index (χ1v) is 24.0. The third-order valence-electron chi connectivity index (χ3n) is 13.7. The molecule has 0 amide bonds. The van der Waals surface area contributed by atoms with Crippen LogP contribution in [0.2, 0.25) is 24.7 Å². The minimum Gasteiger partial charge on any atom is -0.404 e. The molecule has 0 aromatic heterocycles. The Hall–Kier alpha value is -1.65. The number of rotatable bonds is 6. The summed E-state index contributed by atoms with van der Waals surface area (Å²) in [6, 6.07) is 22.6. The monoisotopic (exact) mass is 654 g/mol. The fourth-order valence-electron chi connectivity index (χ4n) is 11.4. The van der Waals surface area contributed by atoms with Crippen LogP contribution in [0.1, 0.15) is 92.4 Å². The van der Waals surface area contributed by atoms with Crippen LogP contribution in [0.15, 0.2) is 60.7 Å². The lowest BCUT2D eigenvalue weighted by Gasteiger charge is -2.61. The van der Waals surface area contributed by atoms with E-state index in [1.807, 2.05) is 7.11 Å². The van der Waals surface area contributed by atoms with E-state index in [4.69, 9.17) is 9.16 Å². The normalized spacial score (nSPS) is 35.2. The number of fused-ring (bicyclic) bond motifs is 5. The fraction of sp³-hybridized carbons (Fsp3) is 0.667. The molecule has 250 valence electrons. The molecule has 0 heterocycles. The molecule has 4 aliphatic rings. The maximum atomic E-state index is 7.75. The summed E-state index contributed by atoms with van der Waals surface area (Å²) >= 11 is 0. The highest BCUT2D eigenvalue weighted by Gasteiger charge is 2.62. The molecule has 0 bridgehead atoms. The largest absolute Gasteiger partial charge is 0.404 e. The molecule has 2 aromatic rings. The number of methoxy groups -OCH3 is 1. The van der Waals surface area contributed by atoms with Gasteiger partial charge in [0.1, 0.15) is 14.2 Å². The highest BCUT2D eigenvalue weighted by Crippen LogP contribution is 2.68. The highest BCUT2D eigenvalue weighted by atomic mass is 28.4. The minimum absolute atomic E-state index is 0.0282. The SMILES string of the molecule is COC(C#C[Si](C)(C)C)C1CC[C@H]2[C@@H]3CCC4CC(O[Si](c5ccccc5)(c5ccccc5)C(C)(C)C)CC[C@]4(C)[C@@H]3CC[C@]12C. The number of hydrogen-bond donors (Lipinski definition) is 0. The summed E-state index contributed by atoms with van der Waals surface area (Å²) in [6.07, 6.45) is 12.3. The van der Waals surface area contributed by atoms with E-state index in [1.165, 1.54) is 68.2 Å². The van der Waals surface area contributed by atoms with Crippen LogP contribution in [0, 0.1) is 51.9 Å². The van der Waals surface area contributed by atoms with Gasteiger partial charge in [-0.2, -0.15) is 0 Å². The van der Waals surface area contributed by atoms with E-state index in [0.717, 1.165) is 23.7 Å². The summed E-state index contributed by atoms with van der Waals surface area (Å²) in [5.74, 6) is 7.55. The Morgan fingerprint density at radius 1 is 0.761 bits per heavy atom. The molecule has 0 radical (unpaired) electrons. The van der Waals surface area contributed by atoms with Crippen molar-refractivity contribution in [3.05, 3.63) is 60.7 Å². The van der Waals surface area contributed by atoms with Crippen LogP contribution in [0.5, 0.6) is 0 Å². The van der Waals surface area contributed by atoms with Gasteiger partial charge in [0.15, 0.2) is 0 Å². The van der Waals surface area contributed by atoms with Crippen LogP contribution in [0.4, 0.5) is 0 Å². The lowest BCUT2D eigenvalue weighted by Crippen LogP contribution is -2.68. The van der Waals surface area contributed by atoms with Crippen LogP contribution < -0.4 is 10.4 Å². The Balaban J connectivity index is 1.23. The van der Waals surface area contributed by atoms with Gasteiger partial charge < -0.3 is 9.16 Å². The maximum Gasteiger partial charge on any atom is 0.261 e. The van der Waals surface area contributed by atoms with Crippen molar-refractivity contribution in [2.45, 2.75) is 129 Å². The predicted molar refractivity (Wildman–Crippen MR) is 200 cm³/mol. The van der Waals surface area contributed by atoms with E-state index in [9.17, 15) is 0 Å². The van der Waals surface area contributed by atoms with Crippen molar-refractivity contribution in [3.8, 4) is 11.5 Å². The van der Waals surface area contributed by atoms with Gasteiger partial charge in [0, 0.05) is 19.1 Å². The molecular formula is C42H62O2Si2. The van der Waals surface area contributed by atoms with Gasteiger partial charge in [0.25, 0.3) is 8.32 Å². The van der Waals surface area contributed by atoms with Crippen molar-refractivity contribution in [1.82, 2.24) is 0 Å². The van der Waals surface area contributed by atoms with Gasteiger partial charge in [-0.3, -0.25) is 0 Å². The first-order chi connectivity index (χ1) is 21.7. The van der Waals surface area contributed by atoms with E-state index in [2.05, 4.69) is 126 Å². The van der Waals surface area contributed by atoms with Crippen molar-refractivity contribution >= 4 is 26.8 Å². The molecule has 4 fully saturated rings. The Morgan fingerprint density at radius 3 is 1.91 bits per heavy atom. The van der Waals surface area contributed by atoms with E-state index < -0.39 is 16.4 Å². The third-order valence-corrected chi connectivity index (χ3v) is 19.6. The van der Waals surface area contributed by atoms with E-state index >= 15 is 0 Å². The molecule has 0 saturated heterocycles. The molecule has 4 heteroatoms. The van der Waals surface area contributed by atoms with Gasteiger partial charge in [-0.25, -0.2) is 0 Å². The molecule has 4 saturated carbocycles. The summed E-state index contributed by atoms with van der Waals surface area (Å²) in [5.41, 5.74) is 4.47. The van der Waals surface area contributed by atoms with Crippen molar-refractivity contribution in [2.75, 3.05) is 7.11 Å². The molecule has 46 heavy (non-hydrogen) atoms. The van der Waals surface area contributed by atoms with Crippen molar-refractivity contribution in [2.24, 2.45) is 40.4 Å². The van der Waals surface area contributed by atoms with Gasteiger partial charge in [0.05, 0.1) is 0 Å². The molecule has 4 aliphatic carbocycles. The first-order valence-electron chi connectivity index (χ1n) is 18.6. The lowest BCUT2D eigenvalue weighted by atomic mass is 9.44. The van der Waals surface area contributed by atoms with E-state index in [0.29, 0.717) is 22.9 Å². The molecule has 4 unspecified atom stereocenters. The van der Waals surface area contributed by atoms with Crippen molar-refractivity contribution in [3.63, 3.8) is 0 Å². The molecule has 9 atom stereocenters. The predicted octanol–water partition coefficient (Wildman–Crippen LogP) is 9.49. The second-order valence-electron chi connectivity index (χ2n) is 18.2. The quantitative estimate of drug-likeness (QED) is 0.228. The third kappa shape index (κ3) is 5.95. The van der Waals surface area contributed by atoms with Crippen LogP contribution in [-0.4, -0.2) is 35.7 Å². The number of hydrogen-bond acceptors (Lipinski definition) is 2. The van der Waals surface area contributed by atoms with Gasteiger partial charge >= 0.3 is 0 Å². The fourth-order valence-corrected chi connectivity index (χ4v) is 16.7. The second-order valence-corrected chi connectivity index (χ2v) is 27.2. The molecule has 2 aromatic carbocycles. The van der Waals surface area contributed by atoms with Crippen molar-refractivity contribution in [1.29, 1.82) is 0 Å². The first kappa shape index (κ1) is 34.2. The van der Waals surface area contributed by atoms with Gasteiger partial charge in [-0.05, 0) is 108 Å². The molecule has 0 aliphatic heterocycles. The zero-order valence-corrected chi connectivity index (χ0v) is 32.5. The Morgan fingerprint density at radius 2 is 1.35 bits per heavy atom. The van der Waals surface area contributed by atoms with Crippen LogP contribution in [0.3, 0.4) is 0 Å². The second kappa shape index (κ2) is 12.7. The molecule has 2 nitrogen and oxygen atoms in total. The molecule has 6 rings (SSSR count). The molecule has 0 N–H and O–H groups in total. The zero-order chi connectivity index (χ0) is 33.0. The maximum absolute atomic E-state index is 7.75. The Labute approximate surface area is 284 Å². The molecule has 0 spiro atoms. The summed E-state index contributed by atoms with van der Waals surface area (Å²) < 4.78 is 13.9. The van der Waals surface area contributed by atoms with E-state index in [-0.39, 0.29) is 11.1 Å². The van der Waals surface area contributed by atoms with Gasteiger partial charge in [-0.15, -0.1) is 5.54 Å². The summed E-state index contributed by atoms with van der Waals surface area (Å²) in [5, 5.41) is 2.86. The number of ether oxygens (including phenoxy) is 1. The summed E-state index contributed by atoms with van der Waals surface area (Å²) in [6.45, 7) is 19.7. The Bertz CT molecular complexity index is 1360.